The number of carbonyl (C=O) groups excluding carboxylic acids is 2. The maximum atomic E-state index is 12.5. The van der Waals surface area contributed by atoms with Crippen LogP contribution in [0.4, 0.5) is 0 Å². The second kappa shape index (κ2) is 11.9. The summed E-state index contributed by atoms with van der Waals surface area (Å²) in [6, 6.07) is 3.22. The molecule has 1 N–H and O–H groups in total. The van der Waals surface area contributed by atoms with E-state index in [9.17, 15) is 14.7 Å². The fourth-order valence-corrected chi connectivity index (χ4v) is 3.59. The van der Waals surface area contributed by atoms with Crippen molar-refractivity contribution in [1.82, 2.24) is 0 Å². The minimum Gasteiger partial charge on any atom is -0.507 e. The number of rotatable bonds is 6. The number of carbonyl (C=O) groups is 2. The van der Waals surface area contributed by atoms with E-state index in [0.29, 0.717) is 37.2 Å². The molecule has 1 aliphatic heterocycles. The predicted molar refractivity (Wildman–Crippen MR) is 121 cm³/mol. The number of aromatic hydroxyl groups is 1. The Morgan fingerprint density at radius 2 is 1.94 bits per heavy atom. The minimum atomic E-state index is -0.602. The summed E-state index contributed by atoms with van der Waals surface area (Å²) in [5.41, 5.74) is 2.13. The summed E-state index contributed by atoms with van der Waals surface area (Å²) < 4.78 is 11.1. The number of ether oxygens (including phenoxy) is 2. The zero-order valence-corrected chi connectivity index (χ0v) is 17.8. The van der Waals surface area contributed by atoms with Gasteiger partial charge in [-0.2, -0.15) is 0 Å². The lowest BCUT2D eigenvalue weighted by molar-refractivity contribution is -0.118. The van der Waals surface area contributed by atoms with Gasteiger partial charge in [0.25, 0.3) is 0 Å². The van der Waals surface area contributed by atoms with Crippen LogP contribution in [0.5, 0.6) is 11.5 Å². The molecule has 0 atom stereocenters. The maximum absolute atomic E-state index is 12.5. The zero-order valence-electron chi connectivity index (χ0n) is 17.8. The van der Waals surface area contributed by atoms with Crippen LogP contribution < -0.4 is 4.74 Å². The third-order valence-corrected chi connectivity index (χ3v) is 5.28. The van der Waals surface area contributed by atoms with Gasteiger partial charge in [-0.25, -0.2) is 4.79 Å². The fourth-order valence-electron chi connectivity index (χ4n) is 3.59. The highest BCUT2D eigenvalue weighted by atomic mass is 16.5. The monoisotopic (exact) mass is 422 g/mol. The first-order valence-electron chi connectivity index (χ1n) is 11.0. The van der Waals surface area contributed by atoms with Gasteiger partial charge in [0, 0.05) is 18.9 Å². The second-order valence-corrected chi connectivity index (χ2v) is 7.78. The Bertz CT molecular complexity index is 905. The molecule has 0 saturated carbocycles. The standard InChI is InChI=1S/C26H30O5/c27-22-14-3-1-2-13-21-18-23(30-16-8-6-12-20-10-4-5-11-20)19-24(28)25(21)26(29)31-17-9-7-15-22/h2,4-5,7,9-10,13,18-19,28H,1,3,6,8,11-12,14-17H2. The molecule has 0 unspecified atom stereocenters. The fraction of sp³-hybridized carbons (Fsp3) is 0.385. The van der Waals surface area contributed by atoms with Gasteiger partial charge in [0.2, 0.25) is 0 Å². The van der Waals surface area contributed by atoms with Crippen LogP contribution in [0.2, 0.25) is 0 Å². The molecule has 1 aromatic carbocycles. The minimum absolute atomic E-state index is 0.0545. The predicted octanol–water partition coefficient (Wildman–Crippen LogP) is 5.70. The number of cyclic esters (lactones) is 1. The Kier molecular flexibility index (Phi) is 8.71. The highest BCUT2D eigenvalue weighted by molar-refractivity contribution is 5.97. The third kappa shape index (κ3) is 7.28. The molecule has 5 nitrogen and oxygen atoms in total. The van der Waals surface area contributed by atoms with Gasteiger partial charge in [0.1, 0.15) is 29.5 Å². The van der Waals surface area contributed by atoms with E-state index in [1.807, 2.05) is 6.08 Å². The lowest BCUT2D eigenvalue weighted by Gasteiger charge is -2.13. The Labute approximate surface area is 183 Å². The Morgan fingerprint density at radius 1 is 1.03 bits per heavy atom. The van der Waals surface area contributed by atoms with Crippen molar-refractivity contribution in [3.8, 4) is 11.5 Å². The Balaban J connectivity index is 1.65. The van der Waals surface area contributed by atoms with E-state index < -0.39 is 5.97 Å². The summed E-state index contributed by atoms with van der Waals surface area (Å²) >= 11 is 0. The van der Waals surface area contributed by atoms with Gasteiger partial charge < -0.3 is 14.6 Å². The smallest absolute Gasteiger partial charge is 0.342 e. The van der Waals surface area contributed by atoms with Crippen molar-refractivity contribution in [3.63, 3.8) is 0 Å². The highest BCUT2D eigenvalue weighted by Crippen LogP contribution is 2.30. The summed E-state index contributed by atoms with van der Waals surface area (Å²) in [4.78, 5) is 24.3. The molecular formula is C26H30O5. The van der Waals surface area contributed by atoms with Gasteiger partial charge in [-0.15, -0.1) is 0 Å². The van der Waals surface area contributed by atoms with E-state index in [0.717, 1.165) is 32.1 Å². The van der Waals surface area contributed by atoms with Gasteiger partial charge in [0.15, 0.2) is 0 Å². The quantitative estimate of drug-likeness (QED) is 0.362. The van der Waals surface area contributed by atoms with Crippen molar-refractivity contribution in [2.24, 2.45) is 0 Å². The van der Waals surface area contributed by atoms with Crippen LogP contribution in [0.25, 0.3) is 6.08 Å². The van der Waals surface area contributed by atoms with Crippen LogP contribution >= 0.6 is 0 Å². The van der Waals surface area contributed by atoms with Crippen LogP contribution in [0.15, 0.2) is 54.2 Å². The number of phenols is 1. The number of allylic oxidation sites excluding steroid dienone is 6. The first-order valence-corrected chi connectivity index (χ1v) is 11.0. The Hall–Kier alpha value is -3.08. The number of ketones is 1. The molecule has 1 heterocycles. The van der Waals surface area contributed by atoms with Gasteiger partial charge >= 0.3 is 5.97 Å². The van der Waals surface area contributed by atoms with Crippen LogP contribution in [-0.4, -0.2) is 30.1 Å². The van der Waals surface area contributed by atoms with E-state index in [1.165, 1.54) is 11.6 Å². The number of esters is 1. The highest BCUT2D eigenvalue weighted by Gasteiger charge is 2.18. The number of unbranched alkanes of at least 4 members (excludes halogenated alkanes) is 1. The molecule has 0 radical (unpaired) electrons. The summed E-state index contributed by atoms with van der Waals surface area (Å²) in [6.07, 6.45) is 19.9. The molecular weight excluding hydrogens is 392 g/mol. The van der Waals surface area contributed by atoms with Gasteiger partial charge in [-0.05, 0) is 50.2 Å². The molecule has 0 amide bonds. The summed E-state index contributed by atoms with van der Waals surface area (Å²) in [5.74, 6) is -0.0698. The molecule has 0 spiro atoms. The van der Waals surface area contributed by atoms with Crippen molar-refractivity contribution in [1.29, 1.82) is 0 Å². The topological polar surface area (TPSA) is 72.8 Å². The van der Waals surface area contributed by atoms with E-state index in [2.05, 4.69) is 18.2 Å². The van der Waals surface area contributed by atoms with E-state index >= 15 is 0 Å². The van der Waals surface area contributed by atoms with E-state index in [1.54, 1.807) is 24.3 Å². The number of phenolic OH excluding ortho intramolecular Hbond substituents is 1. The third-order valence-electron chi connectivity index (χ3n) is 5.28. The van der Waals surface area contributed by atoms with Crippen molar-refractivity contribution >= 4 is 17.8 Å². The molecule has 3 rings (SSSR count). The van der Waals surface area contributed by atoms with Crippen molar-refractivity contribution in [3.05, 3.63) is 65.3 Å². The van der Waals surface area contributed by atoms with Crippen LogP contribution in [0, 0.1) is 0 Å². The molecule has 164 valence electrons. The molecule has 5 heteroatoms. The van der Waals surface area contributed by atoms with Crippen molar-refractivity contribution in [2.45, 2.75) is 51.4 Å². The summed E-state index contributed by atoms with van der Waals surface area (Å²) in [7, 11) is 0. The molecule has 1 aromatic rings. The van der Waals surface area contributed by atoms with Crippen LogP contribution in [0.3, 0.4) is 0 Å². The molecule has 0 fully saturated rings. The Morgan fingerprint density at radius 3 is 2.77 bits per heavy atom. The molecule has 0 aromatic heterocycles. The molecule has 31 heavy (non-hydrogen) atoms. The van der Waals surface area contributed by atoms with E-state index in [4.69, 9.17) is 9.47 Å². The van der Waals surface area contributed by atoms with Gasteiger partial charge in [-0.1, -0.05) is 48.1 Å². The first-order chi connectivity index (χ1) is 15.1. The average Bonchev–Trinajstić information content (AvgIpc) is 3.25. The largest absolute Gasteiger partial charge is 0.507 e. The van der Waals surface area contributed by atoms with Gasteiger partial charge in [0.05, 0.1) is 6.61 Å². The summed E-state index contributed by atoms with van der Waals surface area (Å²) in [6.45, 7) is 0.596. The lowest BCUT2D eigenvalue weighted by Crippen LogP contribution is -2.08. The molecule has 1 aliphatic carbocycles. The summed E-state index contributed by atoms with van der Waals surface area (Å²) in [5, 5.41) is 10.5. The van der Waals surface area contributed by atoms with Crippen molar-refractivity contribution < 1.29 is 24.2 Å². The number of hydrogen-bond donors (Lipinski definition) is 1. The van der Waals surface area contributed by atoms with E-state index in [-0.39, 0.29) is 23.7 Å². The van der Waals surface area contributed by atoms with Crippen LogP contribution in [-0.2, 0) is 9.53 Å². The number of Topliss-reactive ketones (excluding diaryl/α,β-unsaturated/α-hetero) is 1. The zero-order chi connectivity index (χ0) is 21.9. The normalized spacial score (nSPS) is 17.1. The van der Waals surface area contributed by atoms with Crippen LogP contribution in [0.1, 0.15) is 67.3 Å². The molecule has 0 bridgehead atoms. The van der Waals surface area contributed by atoms with Crippen molar-refractivity contribution in [2.75, 3.05) is 13.2 Å². The lowest BCUT2D eigenvalue weighted by atomic mass is 10.0. The molecule has 2 aliphatic rings. The second-order valence-electron chi connectivity index (χ2n) is 7.78. The van der Waals surface area contributed by atoms with Gasteiger partial charge in [-0.3, -0.25) is 4.79 Å². The molecule has 0 saturated heterocycles. The first kappa shape index (κ1) is 22.6. The number of hydrogen-bond acceptors (Lipinski definition) is 5. The average molecular weight is 423 g/mol. The number of benzene rings is 1. The maximum Gasteiger partial charge on any atom is 0.342 e. The SMILES string of the molecule is O=C1CC=CCOC(=O)c2c(O)cc(OCCCCC3=CC=CC3)cc2C=CCCC1. The number of fused-ring (bicyclic) bond motifs is 1.